The van der Waals surface area contributed by atoms with Crippen molar-refractivity contribution in [3.8, 4) is 0 Å². The number of hydrogen-bond donors (Lipinski definition) is 4. The number of para-hydroxylation sites is 1. The van der Waals surface area contributed by atoms with E-state index in [9.17, 15) is 17.6 Å². The molecule has 0 bridgehead atoms. The third-order valence-corrected chi connectivity index (χ3v) is 3.25. The minimum Gasteiger partial charge on any atom is -0.367 e. The maximum atomic E-state index is 13.3. The van der Waals surface area contributed by atoms with Crippen molar-refractivity contribution in [2.45, 2.75) is 0 Å². The highest BCUT2D eigenvalue weighted by molar-refractivity contribution is 8.01. The molecule has 0 saturated carbocycles. The van der Waals surface area contributed by atoms with Gasteiger partial charge in [0.1, 0.15) is 5.82 Å². The fraction of sp³-hybridized carbons (Fsp3) is 0.364. The number of benzene rings is 1. The normalized spacial score (nSPS) is 14.9. The van der Waals surface area contributed by atoms with E-state index >= 15 is 0 Å². The van der Waals surface area contributed by atoms with Gasteiger partial charge in [-0.15, -0.1) is 0 Å². The van der Waals surface area contributed by atoms with Gasteiger partial charge >= 0.3 is 15.4 Å². The predicted molar refractivity (Wildman–Crippen MR) is 75.8 cm³/mol. The molecule has 118 valence electrons. The first-order valence-corrected chi connectivity index (χ1v) is 7.48. The van der Waals surface area contributed by atoms with Crippen LogP contribution in [0.3, 0.4) is 0 Å². The number of nitrogens with two attached hydrogens (primary N) is 1. The molecule has 1 aliphatic heterocycles. The summed E-state index contributed by atoms with van der Waals surface area (Å²) in [5.74, 6) is 4.20. The van der Waals surface area contributed by atoms with Gasteiger partial charge < -0.3 is 10.2 Å². The van der Waals surface area contributed by atoms with E-state index in [-0.39, 0.29) is 5.82 Å². The Bertz CT molecular complexity index is 575. The molecule has 1 fully saturated rings. The molecule has 2 rings (SSSR count). The average Bonchev–Trinajstić information content (AvgIpc) is 2.47. The Morgan fingerprint density at radius 2 is 1.90 bits per heavy atom. The lowest BCUT2D eigenvalue weighted by Gasteiger charge is -2.29. The van der Waals surface area contributed by atoms with Gasteiger partial charge in [0.2, 0.25) is 0 Å². The highest BCUT2D eigenvalue weighted by Gasteiger charge is 2.15. The van der Waals surface area contributed by atoms with Crippen LogP contribution in [-0.4, -0.2) is 44.4 Å². The number of nitrogens with one attached hydrogen (secondary N) is 2. The SMILES string of the molecule is Fc1ccccc1N1CCNCC1.NNC(=O)S(=O)(=O)O. The lowest BCUT2D eigenvalue weighted by atomic mass is 10.2. The zero-order valence-corrected chi connectivity index (χ0v) is 11.9. The standard InChI is InChI=1S/C10H13FN2.CH4N2O4S/c11-9-3-1-2-4-10(9)13-7-5-12-6-8-13;2-3-1(4)8(5,6)7/h1-4,12H,5-8H2;2H2,(H,3,4)(H,5,6,7). The molecule has 1 heterocycles. The fourth-order valence-corrected chi connectivity index (χ4v) is 1.84. The summed E-state index contributed by atoms with van der Waals surface area (Å²) in [6.07, 6.45) is 0. The van der Waals surface area contributed by atoms with Crippen molar-refractivity contribution in [2.75, 3.05) is 31.1 Å². The molecule has 1 aromatic carbocycles. The largest absolute Gasteiger partial charge is 0.377 e. The van der Waals surface area contributed by atoms with Crippen LogP contribution in [0.2, 0.25) is 0 Å². The van der Waals surface area contributed by atoms with Gasteiger partial charge in [0.05, 0.1) is 5.69 Å². The van der Waals surface area contributed by atoms with E-state index in [2.05, 4.69) is 16.1 Å². The molecule has 0 spiro atoms. The zero-order chi connectivity index (χ0) is 15.9. The number of halogens is 1. The van der Waals surface area contributed by atoms with Crippen molar-refractivity contribution in [2.24, 2.45) is 5.84 Å². The van der Waals surface area contributed by atoms with Crippen molar-refractivity contribution in [1.82, 2.24) is 10.7 Å². The molecule has 0 aliphatic carbocycles. The monoisotopic (exact) mass is 320 g/mol. The van der Waals surface area contributed by atoms with Gasteiger partial charge in [-0.25, -0.2) is 10.2 Å². The summed E-state index contributed by atoms with van der Waals surface area (Å²) >= 11 is 0. The molecule has 0 radical (unpaired) electrons. The second-order valence-corrected chi connectivity index (χ2v) is 5.42. The van der Waals surface area contributed by atoms with E-state index in [4.69, 9.17) is 4.55 Å². The molecule has 21 heavy (non-hydrogen) atoms. The molecule has 1 aromatic rings. The molecule has 1 saturated heterocycles. The smallest absolute Gasteiger partial charge is 0.367 e. The second-order valence-electron chi connectivity index (χ2n) is 4.10. The Morgan fingerprint density at radius 1 is 1.33 bits per heavy atom. The first-order valence-electron chi connectivity index (χ1n) is 6.04. The number of piperazine rings is 1. The van der Waals surface area contributed by atoms with Gasteiger partial charge in [0.15, 0.2) is 0 Å². The number of hydrazine groups is 1. The van der Waals surface area contributed by atoms with Gasteiger partial charge in [0.25, 0.3) is 0 Å². The summed E-state index contributed by atoms with van der Waals surface area (Å²) in [5, 5.41) is 1.63. The Balaban J connectivity index is 0.000000240. The van der Waals surface area contributed by atoms with E-state index < -0.39 is 15.4 Å². The third-order valence-electron chi connectivity index (χ3n) is 2.66. The maximum absolute atomic E-state index is 13.3. The lowest BCUT2D eigenvalue weighted by Crippen LogP contribution is -2.43. The van der Waals surface area contributed by atoms with Crippen molar-refractivity contribution in [1.29, 1.82) is 0 Å². The van der Waals surface area contributed by atoms with E-state index in [0.29, 0.717) is 0 Å². The van der Waals surface area contributed by atoms with Gasteiger partial charge in [0, 0.05) is 26.2 Å². The maximum Gasteiger partial charge on any atom is 0.377 e. The molecule has 10 heteroatoms. The van der Waals surface area contributed by atoms with Gasteiger partial charge in [-0.1, -0.05) is 12.1 Å². The van der Waals surface area contributed by atoms with Gasteiger partial charge in [-0.3, -0.25) is 14.8 Å². The van der Waals surface area contributed by atoms with E-state index in [0.717, 1.165) is 31.9 Å². The Morgan fingerprint density at radius 3 is 2.33 bits per heavy atom. The molecule has 0 atom stereocenters. The fourth-order valence-electron chi connectivity index (χ4n) is 1.69. The Labute approximate surface area is 121 Å². The van der Waals surface area contributed by atoms with Crippen molar-refractivity contribution in [3.63, 3.8) is 0 Å². The van der Waals surface area contributed by atoms with Gasteiger partial charge in [-0.2, -0.15) is 8.42 Å². The van der Waals surface area contributed by atoms with Crippen molar-refractivity contribution >= 4 is 21.0 Å². The third kappa shape index (κ3) is 5.63. The average molecular weight is 320 g/mol. The molecule has 0 unspecified atom stereocenters. The molecular formula is C11H17FN4O4S. The topological polar surface area (TPSA) is 125 Å². The molecule has 5 N–H and O–H groups in total. The quantitative estimate of drug-likeness (QED) is 0.242. The minimum atomic E-state index is -4.63. The number of carbonyl (C=O) groups is 1. The summed E-state index contributed by atoms with van der Waals surface area (Å²) in [6.45, 7) is 3.66. The van der Waals surface area contributed by atoms with Crippen LogP contribution < -0.4 is 21.5 Å². The number of amides is 1. The van der Waals surface area contributed by atoms with Crippen LogP contribution in [0.15, 0.2) is 24.3 Å². The van der Waals surface area contributed by atoms with E-state index in [1.165, 1.54) is 11.5 Å². The number of carbonyl (C=O) groups excluding carboxylic acids is 1. The van der Waals surface area contributed by atoms with Crippen LogP contribution >= 0.6 is 0 Å². The first kappa shape index (κ1) is 17.3. The summed E-state index contributed by atoms with van der Waals surface area (Å²) < 4.78 is 40.3. The summed E-state index contributed by atoms with van der Waals surface area (Å²) in [4.78, 5) is 11.8. The minimum absolute atomic E-state index is 0.121. The highest BCUT2D eigenvalue weighted by atomic mass is 32.2. The van der Waals surface area contributed by atoms with E-state index in [1.807, 2.05) is 12.1 Å². The molecule has 1 aliphatic rings. The number of nitrogens with zero attached hydrogens (tertiary/aromatic N) is 1. The Hall–Kier alpha value is -1.75. The number of hydrogen-bond acceptors (Lipinski definition) is 6. The van der Waals surface area contributed by atoms with Crippen LogP contribution in [0.5, 0.6) is 0 Å². The molecular weight excluding hydrogens is 303 g/mol. The summed E-state index contributed by atoms with van der Waals surface area (Å²) in [5.41, 5.74) is 1.95. The molecule has 8 nitrogen and oxygen atoms in total. The molecule has 1 amide bonds. The second kappa shape index (κ2) is 7.88. The lowest BCUT2D eigenvalue weighted by molar-refractivity contribution is 0.256. The van der Waals surface area contributed by atoms with E-state index in [1.54, 1.807) is 6.07 Å². The van der Waals surface area contributed by atoms with Crippen molar-refractivity contribution in [3.05, 3.63) is 30.1 Å². The van der Waals surface area contributed by atoms with Crippen LogP contribution in [-0.2, 0) is 10.1 Å². The molecule has 0 aromatic heterocycles. The van der Waals surface area contributed by atoms with Crippen LogP contribution in [0, 0.1) is 5.82 Å². The van der Waals surface area contributed by atoms with Crippen LogP contribution in [0.1, 0.15) is 0 Å². The highest BCUT2D eigenvalue weighted by Crippen LogP contribution is 2.18. The first-order chi connectivity index (χ1) is 9.86. The Kier molecular flexibility index (Phi) is 6.49. The predicted octanol–water partition coefficient (Wildman–Crippen LogP) is -0.307. The van der Waals surface area contributed by atoms with Crippen LogP contribution in [0.25, 0.3) is 0 Å². The van der Waals surface area contributed by atoms with Crippen molar-refractivity contribution < 1.29 is 22.2 Å². The number of anilines is 1. The summed E-state index contributed by atoms with van der Waals surface area (Å²) in [6, 6.07) is 6.94. The van der Waals surface area contributed by atoms with Gasteiger partial charge in [-0.05, 0) is 12.1 Å². The van der Waals surface area contributed by atoms with Crippen LogP contribution in [0.4, 0.5) is 14.9 Å². The number of rotatable bonds is 1. The zero-order valence-electron chi connectivity index (χ0n) is 11.1. The summed E-state index contributed by atoms with van der Waals surface area (Å²) in [7, 11) is -4.63.